The highest BCUT2D eigenvalue weighted by molar-refractivity contribution is 5.71. The minimum Gasteiger partial charge on any atom is -0.462 e. The van der Waals surface area contributed by atoms with Crippen LogP contribution in [-0.4, -0.2) is 37.2 Å². The Hall–Kier alpha value is -1.59. The molecule has 0 aromatic heterocycles. The predicted molar refractivity (Wildman–Crippen MR) is 275 cm³/mol. The van der Waals surface area contributed by atoms with Gasteiger partial charge in [-0.05, 0) is 31.1 Å². The predicted octanol–water partition coefficient (Wildman–Crippen LogP) is 18.9. The van der Waals surface area contributed by atoms with Gasteiger partial charge in [0.15, 0.2) is 6.10 Å². The van der Waals surface area contributed by atoms with E-state index in [1.807, 2.05) is 0 Å². The third-order valence-electron chi connectivity index (χ3n) is 13.2. The van der Waals surface area contributed by atoms with Gasteiger partial charge in [-0.25, -0.2) is 0 Å². The molecule has 0 saturated heterocycles. The van der Waals surface area contributed by atoms with Crippen LogP contribution in [0.3, 0.4) is 0 Å². The summed E-state index contributed by atoms with van der Waals surface area (Å²) in [4.78, 5) is 38.1. The van der Waals surface area contributed by atoms with Gasteiger partial charge in [0, 0.05) is 19.3 Å². The van der Waals surface area contributed by atoms with E-state index in [9.17, 15) is 14.4 Å². The first-order chi connectivity index (χ1) is 31.2. The Kier molecular flexibility index (Phi) is 49.6. The topological polar surface area (TPSA) is 78.9 Å². The van der Waals surface area contributed by atoms with Gasteiger partial charge in [0.1, 0.15) is 13.2 Å². The minimum atomic E-state index is -0.762. The van der Waals surface area contributed by atoms with E-state index in [-0.39, 0.29) is 31.1 Å². The quantitative estimate of drug-likeness (QED) is 0.0344. The van der Waals surface area contributed by atoms with Crippen molar-refractivity contribution in [3.05, 3.63) is 0 Å². The molecule has 0 rings (SSSR count). The summed E-state index contributed by atoms with van der Waals surface area (Å²) in [6.45, 7) is 11.4. The van der Waals surface area contributed by atoms with Crippen molar-refractivity contribution in [2.45, 2.75) is 330 Å². The number of ether oxygens (including phenoxy) is 3. The van der Waals surface area contributed by atoms with Gasteiger partial charge in [0.2, 0.25) is 0 Å². The third kappa shape index (κ3) is 51.4. The maximum absolute atomic E-state index is 12.8. The van der Waals surface area contributed by atoms with E-state index in [0.29, 0.717) is 19.3 Å². The zero-order valence-electron chi connectivity index (χ0n) is 43.9. The van der Waals surface area contributed by atoms with Gasteiger partial charge in [-0.1, -0.05) is 285 Å². The second-order valence-electron chi connectivity index (χ2n) is 20.9. The van der Waals surface area contributed by atoms with E-state index in [1.165, 1.54) is 212 Å². The van der Waals surface area contributed by atoms with Crippen LogP contribution in [0.4, 0.5) is 0 Å². The van der Waals surface area contributed by atoms with Crippen molar-refractivity contribution in [1.82, 2.24) is 0 Å². The maximum atomic E-state index is 12.8. The Labute approximate surface area is 399 Å². The SMILES string of the molecule is CCCCCCCCCCCCCCCC(=O)OC[C@@H](COC(=O)CCCCCCCCCCCCCCCCC(C)C)OC(=O)CCCCCCCCCCCCCCCC(C)C. The summed E-state index contributed by atoms with van der Waals surface area (Å²) in [5.74, 6) is 0.844. The zero-order chi connectivity index (χ0) is 46.8. The van der Waals surface area contributed by atoms with Gasteiger partial charge in [0.25, 0.3) is 0 Å². The molecule has 0 aliphatic rings. The van der Waals surface area contributed by atoms with Crippen molar-refractivity contribution in [3.8, 4) is 0 Å². The highest BCUT2D eigenvalue weighted by Gasteiger charge is 2.19. The lowest BCUT2D eigenvalue weighted by atomic mass is 10.0. The molecule has 0 heterocycles. The van der Waals surface area contributed by atoms with Gasteiger partial charge >= 0.3 is 17.9 Å². The van der Waals surface area contributed by atoms with E-state index >= 15 is 0 Å². The summed E-state index contributed by atoms with van der Waals surface area (Å²) in [5.41, 5.74) is 0. The largest absolute Gasteiger partial charge is 0.462 e. The average molecular weight is 906 g/mol. The van der Waals surface area contributed by atoms with E-state index in [0.717, 1.165) is 69.6 Å². The summed E-state index contributed by atoms with van der Waals surface area (Å²) in [7, 11) is 0. The number of hydrogen-bond acceptors (Lipinski definition) is 6. The second kappa shape index (κ2) is 50.8. The third-order valence-corrected chi connectivity index (χ3v) is 13.2. The Bertz CT molecular complexity index is 978. The summed E-state index contributed by atoms with van der Waals surface area (Å²) < 4.78 is 16.9. The standard InChI is InChI=1S/C58H112O6/c1-6-7-8-9-10-11-12-16-23-28-33-38-43-48-56(59)62-51-55(64-58(61)50-45-40-35-30-25-20-15-18-22-27-32-37-42-47-54(4)5)52-63-57(60)49-44-39-34-29-24-19-14-13-17-21-26-31-36-41-46-53(2)3/h53-55H,6-52H2,1-5H3/t55-/m0/s1. The molecule has 0 amide bonds. The van der Waals surface area contributed by atoms with Gasteiger partial charge in [0.05, 0.1) is 0 Å². The molecule has 380 valence electrons. The molecule has 0 N–H and O–H groups in total. The highest BCUT2D eigenvalue weighted by Crippen LogP contribution is 2.18. The van der Waals surface area contributed by atoms with Crippen molar-refractivity contribution in [2.24, 2.45) is 11.8 Å². The molecular weight excluding hydrogens is 793 g/mol. The molecule has 0 unspecified atom stereocenters. The molecule has 64 heavy (non-hydrogen) atoms. The van der Waals surface area contributed by atoms with Crippen LogP contribution >= 0.6 is 0 Å². The lowest BCUT2D eigenvalue weighted by Gasteiger charge is -2.18. The summed E-state index contributed by atoms with van der Waals surface area (Å²) in [5, 5.41) is 0. The van der Waals surface area contributed by atoms with Crippen molar-refractivity contribution in [3.63, 3.8) is 0 Å². The van der Waals surface area contributed by atoms with Crippen LogP contribution in [0, 0.1) is 11.8 Å². The van der Waals surface area contributed by atoms with Crippen LogP contribution in [-0.2, 0) is 28.6 Å². The number of unbranched alkanes of at least 4 members (excludes halogenated alkanes) is 37. The lowest BCUT2D eigenvalue weighted by Crippen LogP contribution is -2.30. The van der Waals surface area contributed by atoms with Gasteiger partial charge < -0.3 is 14.2 Å². The number of carbonyl (C=O) groups excluding carboxylic acids is 3. The van der Waals surface area contributed by atoms with E-state index in [2.05, 4.69) is 34.6 Å². The molecule has 0 radical (unpaired) electrons. The molecule has 0 aliphatic carbocycles. The smallest absolute Gasteiger partial charge is 0.306 e. The van der Waals surface area contributed by atoms with Crippen LogP contribution in [0.2, 0.25) is 0 Å². The molecule has 6 heteroatoms. The van der Waals surface area contributed by atoms with E-state index < -0.39 is 6.10 Å². The lowest BCUT2D eigenvalue weighted by molar-refractivity contribution is -0.167. The Morgan fingerprint density at radius 1 is 0.297 bits per heavy atom. The molecule has 0 spiro atoms. The number of carbonyl (C=O) groups is 3. The van der Waals surface area contributed by atoms with Crippen molar-refractivity contribution in [2.75, 3.05) is 13.2 Å². The molecule has 0 aromatic rings. The molecule has 0 aromatic carbocycles. The number of esters is 3. The Morgan fingerprint density at radius 3 is 0.766 bits per heavy atom. The Morgan fingerprint density at radius 2 is 0.516 bits per heavy atom. The number of hydrogen-bond donors (Lipinski definition) is 0. The summed E-state index contributed by atoms with van der Waals surface area (Å²) >= 11 is 0. The molecule has 0 aliphatic heterocycles. The van der Waals surface area contributed by atoms with Crippen LogP contribution < -0.4 is 0 Å². The van der Waals surface area contributed by atoms with Gasteiger partial charge in [-0.15, -0.1) is 0 Å². The number of rotatable bonds is 52. The fraction of sp³-hybridized carbons (Fsp3) is 0.948. The van der Waals surface area contributed by atoms with Gasteiger partial charge in [-0.3, -0.25) is 14.4 Å². The minimum absolute atomic E-state index is 0.0626. The zero-order valence-corrected chi connectivity index (χ0v) is 43.9. The molecule has 1 atom stereocenters. The fourth-order valence-corrected chi connectivity index (χ4v) is 8.87. The maximum Gasteiger partial charge on any atom is 0.306 e. The van der Waals surface area contributed by atoms with Crippen molar-refractivity contribution < 1.29 is 28.6 Å². The summed E-state index contributed by atoms with van der Waals surface area (Å²) in [6, 6.07) is 0. The molecule has 0 bridgehead atoms. The molecule has 0 saturated carbocycles. The van der Waals surface area contributed by atoms with Crippen molar-refractivity contribution in [1.29, 1.82) is 0 Å². The van der Waals surface area contributed by atoms with Crippen LogP contribution in [0.1, 0.15) is 324 Å². The molecule has 0 fully saturated rings. The first kappa shape index (κ1) is 62.4. The Balaban J connectivity index is 4.29. The highest BCUT2D eigenvalue weighted by atomic mass is 16.6. The van der Waals surface area contributed by atoms with E-state index in [1.54, 1.807) is 0 Å². The van der Waals surface area contributed by atoms with Gasteiger partial charge in [-0.2, -0.15) is 0 Å². The van der Waals surface area contributed by atoms with Crippen LogP contribution in [0.5, 0.6) is 0 Å². The normalized spacial score (nSPS) is 12.0. The molecule has 6 nitrogen and oxygen atoms in total. The monoisotopic (exact) mass is 905 g/mol. The van der Waals surface area contributed by atoms with Crippen LogP contribution in [0.15, 0.2) is 0 Å². The average Bonchev–Trinajstić information content (AvgIpc) is 3.27. The molecular formula is C58H112O6. The van der Waals surface area contributed by atoms with Crippen molar-refractivity contribution >= 4 is 17.9 Å². The van der Waals surface area contributed by atoms with E-state index in [4.69, 9.17) is 14.2 Å². The second-order valence-corrected chi connectivity index (χ2v) is 20.9. The van der Waals surface area contributed by atoms with Crippen LogP contribution in [0.25, 0.3) is 0 Å². The summed E-state index contributed by atoms with van der Waals surface area (Å²) in [6.07, 6.45) is 53.7. The fourth-order valence-electron chi connectivity index (χ4n) is 8.87. The first-order valence-corrected chi connectivity index (χ1v) is 28.7. The first-order valence-electron chi connectivity index (χ1n) is 28.7.